The molecule has 2 aromatic carbocycles. The molecule has 0 bridgehead atoms. The molecule has 2 aromatic heterocycles. The molecule has 0 aliphatic carbocycles. The van der Waals surface area contributed by atoms with Crippen LogP contribution >= 0.6 is 11.8 Å². The molecule has 2 N–H and O–H groups in total. The van der Waals surface area contributed by atoms with Gasteiger partial charge in [-0.15, -0.1) is 0 Å². The van der Waals surface area contributed by atoms with Gasteiger partial charge in [0.2, 0.25) is 5.91 Å². The standard InChI is InChI=1S/C24H24N6O2S/c1-17(18-5-9-21(10-6-18)30-14-11-25-16-30)27-23(32)19-3-7-20(8-4-19)28-22(31)15-33-24-26-12-13-29(24)2/h3-14,16-17H,15H2,1-2H3,(H,27,32)(H,28,31). The Morgan fingerprint density at radius 2 is 1.79 bits per heavy atom. The van der Waals surface area contributed by atoms with Crippen LogP contribution in [0.25, 0.3) is 5.69 Å². The van der Waals surface area contributed by atoms with Crippen molar-refractivity contribution in [3.05, 3.63) is 90.8 Å². The van der Waals surface area contributed by atoms with E-state index < -0.39 is 0 Å². The first-order valence-corrected chi connectivity index (χ1v) is 11.4. The molecule has 2 heterocycles. The fourth-order valence-corrected chi connectivity index (χ4v) is 3.97. The monoisotopic (exact) mass is 460 g/mol. The van der Waals surface area contributed by atoms with Gasteiger partial charge in [0.15, 0.2) is 5.16 Å². The predicted octanol–water partition coefficient (Wildman–Crippen LogP) is 3.83. The fraction of sp³-hybridized carbons (Fsp3) is 0.167. The number of aromatic nitrogens is 4. The van der Waals surface area contributed by atoms with Gasteiger partial charge in [-0.2, -0.15) is 0 Å². The van der Waals surface area contributed by atoms with Gasteiger partial charge in [0.1, 0.15) is 0 Å². The van der Waals surface area contributed by atoms with E-state index in [1.54, 1.807) is 43.0 Å². The van der Waals surface area contributed by atoms with Crippen LogP contribution in [0.3, 0.4) is 0 Å². The smallest absolute Gasteiger partial charge is 0.251 e. The minimum Gasteiger partial charge on any atom is -0.346 e. The summed E-state index contributed by atoms with van der Waals surface area (Å²) in [5.41, 5.74) is 3.17. The summed E-state index contributed by atoms with van der Waals surface area (Å²) in [7, 11) is 1.88. The molecule has 2 amide bonds. The second kappa shape index (κ2) is 10.2. The first kappa shape index (κ1) is 22.3. The Balaban J connectivity index is 1.29. The Morgan fingerprint density at radius 3 is 2.42 bits per heavy atom. The van der Waals surface area contributed by atoms with E-state index in [-0.39, 0.29) is 23.6 Å². The molecule has 0 fully saturated rings. The lowest BCUT2D eigenvalue weighted by Gasteiger charge is -2.15. The Kier molecular flexibility index (Phi) is 6.89. The number of nitrogens with one attached hydrogen (secondary N) is 2. The van der Waals surface area contributed by atoms with Crippen molar-refractivity contribution >= 4 is 29.3 Å². The zero-order valence-corrected chi connectivity index (χ0v) is 19.1. The van der Waals surface area contributed by atoms with E-state index in [0.29, 0.717) is 11.3 Å². The molecule has 0 spiro atoms. The summed E-state index contributed by atoms with van der Waals surface area (Å²) in [5, 5.41) is 6.63. The lowest BCUT2D eigenvalue weighted by Crippen LogP contribution is -2.26. The summed E-state index contributed by atoms with van der Waals surface area (Å²) in [6, 6.07) is 14.6. The van der Waals surface area contributed by atoms with Crippen LogP contribution in [0, 0.1) is 0 Å². The van der Waals surface area contributed by atoms with E-state index in [0.717, 1.165) is 16.4 Å². The summed E-state index contributed by atoms with van der Waals surface area (Å²) in [6.07, 6.45) is 8.88. The molecule has 33 heavy (non-hydrogen) atoms. The molecule has 0 radical (unpaired) electrons. The van der Waals surface area contributed by atoms with Gasteiger partial charge in [0.25, 0.3) is 5.91 Å². The summed E-state index contributed by atoms with van der Waals surface area (Å²) in [6.45, 7) is 1.94. The fourth-order valence-electron chi connectivity index (χ4n) is 3.23. The average molecular weight is 461 g/mol. The number of rotatable bonds is 8. The maximum absolute atomic E-state index is 12.7. The molecule has 168 valence electrons. The second-order valence-electron chi connectivity index (χ2n) is 7.49. The maximum Gasteiger partial charge on any atom is 0.251 e. The van der Waals surface area contributed by atoms with E-state index in [1.807, 2.05) is 59.8 Å². The molecule has 1 unspecified atom stereocenters. The molecule has 4 aromatic rings. The van der Waals surface area contributed by atoms with Crippen molar-refractivity contribution in [1.29, 1.82) is 0 Å². The molecule has 0 aliphatic rings. The Bertz CT molecular complexity index is 1220. The van der Waals surface area contributed by atoms with E-state index in [4.69, 9.17) is 0 Å². The maximum atomic E-state index is 12.7. The van der Waals surface area contributed by atoms with Crippen LogP contribution in [0.15, 0.2) is 84.8 Å². The lowest BCUT2D eigenvalue weighted by molar-refractivity contribution is -0.113. The minimum absolute atomic E-state index is 0.132. The van der Waals surface area contributed by atoms with E-state index in [1.165, 1.54) is 11.8 Å². The molecule has 8 nitrogen and oxygen atoms in total. The molecule has 0 aliphatic heterocycles. The number of benzene rings is 2. The number of nitrogens with zero attached hydrogens (tertiary/aromatic N) is 4. The van der Waals surface area contributed by atoms with Crippen LogP contribution in [0.1, 0.15) is 28.9 Å². The average Bonchev–Trinajstić information content (AvgIpc) is 3.50. The zero-order valence-electron chi connectivity index (χ0n) is 18.3. The molecule has 0 saturated carbocycles. The highest BCUT2D eigenvalue weighted by Crippen LogP contribution is 2.18. The number of hydrogen-bond donors (Lipinski definition) is 2. The number of carbonyl (C=O) groups is 2. The third-order valence-electron chi connectivity index (χ3n) is 5.08. The number of amides is 2. The molecule has 0 saturated heterocycles. The van der Waals surface area contributed by atoms with Crippen molar-refractivity contribution in [3.8, 4) is 5.69 Å². The lowest BCUT2D eigenvalue weighted by atomic mass is 10.1. The van der Waals surface area contributed by atoms with Gasteiger partial charge in [-0.3, -0.25) is 9.59 Å². The van der Waals surface area contributed by atoms with Crippen molar-refractivity contribution in [2.24, 2.45) is 7.05 Å². The van der Waals surface area contributed by atoms with E-state index >= 15 is 0 Å². The van der Waals surface area contributed by atoms with Gasteiger partial charge < -0.3 is 19.8 Å². The van der Waals surface area contributed by atoms with Crippen molar-refractivity contribution in [3.63, 3.8) is 0 Å². The molecular weight excluding hydrogens is 436 g/mol. The van der Waals surface area contributed by atoms with Crippen LogP contribution in [0.5, 0.6) is 0 Å². The van der Waals surface area contributed by atoms with Crippen LogP contribution in [0.2, 0.25) is 0 Å². The zero-order chi connectivity index (χ0) is 23.2. The highest BCUT2D eigenvalue weighted by molar-refractivity contribution is 7.99. The van der Waals surface area contributed by atoms with Gasteiger partial charge >= 0.3 is 0 Å². The molecule has 9 heteroatoms. The highest BCUT2D eigenvalue weighted by Gasteiger charge is 2.12. The highest BCUT2D eigenvalue weighted by atomic mass is 32.2. The summed E-state index contributed by atoms with van der Waals surface area (Å²) >= 11 is 1.37. The third-order valence-corrected chi connectivity index (χ3v) is 6.14. The van der Waals surface area contributed by atoms with Crippen LogP contribution < -0.4 is 10.6 Å². The summed E-state index contributed by atoms with van der Waals surface area (Å²) in [5.74, 6) is -0.0538. The van der Waals surface area contributed by atoms with Crippen molar-refractivity contribution in [2.45, 2.75) is 18.1 Å². The van der Waals surface area contributed by atoms with Gasteiger partial charge in [-0.25, -0.2) is 9.97 Å². The van der Waals surface area contributed by atoms with Crippen LogP contribution in [0.4, 0.5) is 5.69 Å². The number of imidazole rings is 2. The summed E-state index contributed by atoms with van der Waals surface area (Å²) in [4.78, 5) is 33.1. The normalized spacial score (nSPS) is 11.7. The number of carbonyl (C=O) groups excluding carboxylic acids is 2. The number of hydrogen-bond acceptors (Lipinski definition) is 5. The SMILES string of the molecule is CC(NC(=O)c1ccc(NC(=O)CSc2nccn2C)cc1)c1ccc(-n2ccnc2)cc1. The Labute approximate surface area is 196 Å². The van der Waals surface area contributed by atoms with Crippen LogP contribution in [-0.2, 0) is 11.8 Å². The predicted molar refractivity (Wildman–Crippen MR) is 128 cm³/mol. The van der Waals surface area contributed by atoms with Gasteiger partial charge in [0.05, 0.1) is 18.1 Å². The van der Waals surface area contributed by atoms with Gasteiger partial charge in [-0.1, -0.05) is 23.9 Å². The van der Waals surface area contributed by atoms with Crippen LogP contribution in [-0.4, -0.2) is 36.7 Å². The van der Waals surface area contributed by atoms with Gasteiger partial charge in [-0.05, 0) is 48.9 Å². The topological polar surface area (TPSA) is 93.8 Å². The number of thioether (sulfide) groups is 1. The Hall–Kier alpha value is -3.85. The third kappa shape index (κ3) is 5.69. The van der Waals surface area contributed by atoms with E-state index in [9.17, 15) is 9.59 Å². The second-order valence-corrected chi connectivity index (χ2v) is 8.43. The minimum atomic E-state index is -0.176. The largest absolute Gasteiger partial charge is 0.346 e. The first-order valence-electron chi connectivity index (χ1n) is 10.4. The van der Waals surface area contributed by atoms with Gasteiger partial charge in [0, 0.05) is 48.8 Å². The number of anilines is 1. The quantitative estimate of drug-likeness (QED) is 0.390. The first-order chi connectivity index (χ1) is 16.0. The van der Waals surface area contributed by atoms with Crippen molar-refractivity contribution < 1.29 is 9.59 Å². The number of aryl methyl sites for hydroxylation is 1. The molecule has 4 rings (SSSR count). The summed E-state index contributed by atoms with van der Waals surface area (Å²) < 4.78 is 3.78. The van der Waals surface area contributed by atoms with Crippen molar-refractivity contribution in [1.82, 2.24) is 24.4 Å². The van der Waals surface area contributed by atoms with E-state index in [2.05, 4.69) is 20.6 Å². The molecule has 1 atom stereocenters. The van der Waals surface area contributed by atoms with Crippen molar-refractivity contribution in [2.75, 3.05) is 11.1 Å². The molecular formula is C24H24N6O2S. The Morgan fingerprint density at radius 1 is 1.03 bits per heavy atom.